The SMILES string of the molecule is Clc1ccc(CN2CCC(c3[nH]ncc3Cc3ccccc3)CC2)cc1. The average Bonchev–Trinajstić information content (AvgIpc) is 3.13. The number of halogens is 1. The van der Waals surface area contributed by atoms with Crippen molar-refractivity contribution in [1.82, 2.24) is 15.1 Å². The van der Waals surface area contributed by atoms with E-state index in [-0.39, 0.29) is 0 Å². The van der Waals surface area contributed by atoms with Gasteiger partial charge in [0.2, 0.25) is 0 Å². The Morgan fingerprint density at radius 1 is 0.962 bits per heavy atom. The number of aromatic nitrogens is 2. The van der Waals surface area contributed by atoms with Gasteiger partial charge < -0.3 is 0 Å². The third kappa shape index (κ3) is 4.17. The molecule has 2 aromatic carbocycles. The van der Waals surface area contributed by atoms with Crippen molar-refractivity contribution in [2.75, 3.05) is 13.1 Å². The van der Waals surface area contributed by atoms with Crippen LogP contribution in [0.1, 0.15) is 41.1 Å². The normalized spacial score (nSPS) is 16.0. The summed E-state index contributed by atoms with van der Waals surface area (Å²) in [4.78, 5) is 2.53. The fraction of sp³-hybridized carbons (Fsp3) is 0.318. The Balaban J connectivity index is 1.36. The summed E-state index contributed by atoms with van der Waals surface area (Å²) in [5.41, 5.74) is 5.35. The number of aromatic amines is 1. The van der Waals surface area contributed by atoms with Crippen molar-refractivity contribution in [3.05, 3.63) is 88.2 Å². The highest BCUT2D eigenvalue weighted by molar-refractivity contribution is 6.30. The molecule has 3 aromatic rings. The highest BCUT2D eigenvalue weighted by Crippen LogP contribution is 2.30. The first-order valence-corrected chi connectivity index (χ1v) is 9.68. The van der Waals surface area contributed by atoms with Gasteiger partial charge in [-0.3, -0.25) is 10.00 Å². The molecule has 2 heterocycles. The molecule has 26 heavy (non-hydrogen) atoms. The van der Waals surface area contributed by atoms with Crippen LogP contribution in [0.5, 0.6) is 0 Å². The summed E-state index contributed by atoms with van der Waals surface area (Å²) < 4.78 is 0. The lowest BCUT2D eigenvalue weighted by atomic mass is 9.89. The Hall–Kier alpha value is -2.10. The Morgan fingerprint density at radius 2 is 1.69 bits per heavy atom. The molecule has 0 unspecified atom stereocenters. The number of rotatable bonds is 5. The Kier molecular flexibility index (Phi) is 5.37. The molecule has 1 aromatic heterocycles. The third-order valence-electron chi connectivity index (χ3n) is 5.30. The van der Waals surface area contributed by atoms with Crippen LogP contribution >= 0.6 is 11.6 Å². The van der Waals surface area contributed by atoms with Crippen molar-refractivity contribution in [2.45, 2.75) is 31.7 Å². The maximum Gasteiger partial charge on any atom is 0.0525 e. The number of hydrogen-bond acceptors (Lipinski definition) is 2. The molecular weight excluding hydrogens is 342 g/mol. The fourth-order valence-electron chi connectivity index (χ4n) is 3.86. The molecule has 1 aliphatic heterocycles. The molecule has 0 bridgehead atoms. The summed E-state index contributed by atoms with van der Waals surface area (Å²) in [5, 5.41) is 8.42. The molecule has 1 fully saturated rings. The van der Waals surface area contributed by atoms with Gasteiger partial charge in [0.25, 0.3) is 0 Å². The first-order valence-electron chi connectivity index (χ1n) is 9.31. The van der Waals surface area contributed by atoms with Gasteiger partial charge in [-0.15, -0.1) is 0 Å². The number of likely N-dealkylation sites (tertiary alicyclic amines) is 1. The smallest absolute Gasteiger partial charge is 0.0525 e. The van der Waals surface area contributed by atoms with Gasteiger partial charge in [-0.2, -0.15) is 5.10 Å². The summed E-state index contributed by atoms with van der Waals surface area (Å²) in [5.74, 6) is 0.581. The zero-order valence-corrected chi connectivity index (χ0v) is 15.6. The zero-order chi connectivity index (χ0) is 17.8. The zero-order valence-electron chi connectivity index (χ0n) is 14.9. The number of hydrogen-bond donors (Lipinski definition) is 1. The maximum atomic E-state index is 5.98. The van der Waals surface area contributed by atoms with Crippen molar-refractivity contribution in [2.24, 2.45) is 0 Å². The van der Waals surface area contributed by atoms with Crippen molar-refractivity contribution >= 4 is 11.6 Å². The van der Waals surface area contributed by atoms with E-state index in [1.165, 1.54) is 35.2 Å². The van der Waals surface area contributed by atoms with Crippen LogP contribution in [0.3, 0.4) is 0 Å². The van der Waals surface area contributed by atoms with Gasteiger partial charge in [0.1, 0.15) is 0 Å². The van der Waals surface area contributed by atoms with Crippen LogP contribution in [-0.2, 0) is 13.0 Å². The summed E-state index contributed by atoms with van der Waals surface area (Å²) in [6, 6.07) is 18.8. The summed E-state index contributed by atoms with van der Waals surface area (Å²) in [6.07, 6.45) is 5.31. The monoisotopic (exact) mass is 365 g/mol. The molecule has 134 valence electrons. The van der Waals surface area contributed by atoms with Gasteiger partial charge in [0.15, 0.2) is 0 Å². The second kappa shape index (κ2) is 8.07. The minimum absolute atomic E-state index is 0.581. The topological polar surface area (TPSA) is 31.9 Å². The minimum atomic E-state index is 0.581. The summed E-state index contributed by atoms with van der Waals surface area (Å²) in [7, 11) is 0. The first-order chi connectivity index (χ1) is 12.8. The quantitative estimate of drug-likeness (QED) is 0.687. The molecule has 0 spiro atoms. The standard InChI is InChI=1S/C22H24ClN3/c23-21-8-6-18(7-9-21)16-26-12-10-19(11-13-26)22-20(15-24-25-22)14-17-4-2-1-3-5-17/h1-9,15,19H,10-14,16H2,(H,24,25). The molecule has 0 atom stereocenters. The predicted octanol–water partition coefficient (Wildman–Crippen LogP) is 5.03. The third-order valence-corrected chi connectivity index (χ3v) is 5.56. The van der Waals surface area contributed by atoms with Gasteiger partial charge in [0, 0.05) is 29.6 Å². The highest BCUT2D eigenvalue weighted by atomic mass is 35.5. The van der Waals surface area contributed by atoms with Crippen LogP contribution in [0.2, 0.25) is 5.02 Å². The van der Waals surface area contributed by atoms with Crippen LogP contribution in [-0.4, -0.2) is 28.2 Å². The molecule has 4 heteroatoms. The van der Waals surface area contributed by atoms with Crippen LogP contribution < -0.4 is 0 Å². The van der Waals surface area contributed by atoms with Gasteiger partial charge >= 0.3 is 0 Å². The molecule has 4 rings (SSSR count). The Morgan fingerprint density at radius 3 is 2.42 bits per heavy atom. The predicted molar refractivity (Wildman–Crippen MR) is 107 cm³/mol. The van der Waals surface area contributed by atoms with Crippen molar-refractivity contribution in [3.8, 4) is 0 Å². The van der Waals surface area contributed by atoms with Crippen LogP contribution in [0, 0.1) is 0 Å². The molecule has 3 nitrogen and oxygen atoms in total. The van der Waals surface area contributed by atoms with E-state index in [1.807, 2.05) is 18.3 Å². The van der Waals surface area contributed by atoms with Gasteiger partial charge in [-0.1, -0.05) is 54.1 Å². The van der Waals surface area contributed by atoms with E-state index in [0.29, 0.717) is 5.92 Å². The minimum Gasteiger partial charge on any atom is -0.299 e. The molecule has 0 radical (unpaired) electrons. The van der Waals surface area contributed by atoms with Crippen LogP contribution in [0.25, 0.3) is 0 Å². The lowest BCUT2D eigenvalue weighted by Crippen LogP contribution is -2.32. The Bertz CT molecular complexity index is 818. The van der Waals surface area contributed by atoms with Crippen LogP contribution in [0.4, 0.5) is 0 Å². The van der Waals surface area contributed by atoms with E-state index in [0.717, 1.165) is 31.1 Å². The van der Waals surface area contributed by atoms with E-state index in [4.69, 9.17) is 11.6 Å². The fourth-order valence-corrected chi connectivity index (χ4v) is 3.98. The van der Waals surface area contributed by atoms with Crippen LogP contribution in [0.15, 0.2) is 60.8 Å². The number of benzene rings is 2. The number of nitrogens with one attached hydrogen (secondary N) is 1. The number of nitrogens with zero attached hydrogens (tertiary/aromatic N) is 2. The van der Waals surface area contributed by atoms with Gasteiger partial charge in [-0.05, 0) is 54.8 Å². The molecule has 1 saturated heterocycles. The average molecular weight is 366 g/mol. The molecule has 0 amide bonds. The van der Waals surface area contributed by atoms with E-state index in [1.54, 1.807) is 0 Å². The molecule has 0 aliphatic carbocycles. The second-order valence-electron chi connectivity index (χ2n) is 7.15. The molecule has 1 aliphatic rings. The van der Waals surface area contributed by atoms with E-state index in [2.05, 4.69) is 57.6 Å². The molecule has 1 N–H and O–H groups in total. The highest BCUT2D eigenvalue weighted by Gasteiger charge is 2.24. The maximum absolute atomic E-state index is 5.98. The lowest BCUT2D eigenvalue weighted by molar-refractivity contribution is 0.203. The van der Waals surface area contributed by atoms with E-state index in [9.17, 15) is 0 Å². The van der Waals surface area contributed by atoms with Crippen molar-refractivity contribution < 1.29 is 0 Å². The summed E-state index contributed by atoms with van der Waals surface area (Å²) in [6.45, 7) is 3.25. The molecule has 0 saturated carbocycles. The first kappa shape index (κ1) is 17.3. The molecular formula is C22H24ClN3. The summed E-state index contributed by atoms with van der Waals surface area (Å²) >= 11 is 5.98. The van der Waals surface area contributed by atoms with Gasteiger partial charge in [0.05, 0.1) is 6.20 Å². The Labute approximate surface area is 160 Å². The van der Waals surface area contributed by atoms with E-state index >= 15 is 0 Å². The van der Waals surface area contributed by atoms with Gasteiger partial charge in [-0.25, -0.2) is 0 Å². The van der Waals surface area contributed by atoms with Crippen molar-refractivity contribution in [1.29, 1.82) is 0 Å². The largest absolute Gasteiger partial charge is 0.299 e. The van der Waals surface area contributed by atoms with E-state index < -0.39 is 0 Å². The van der Waals surface area contributed by atoms with Crippen molar-refractivity contribution in [3.63, 3.8) is 0 Å². The second-order valence-corrected chi connectivity index (χ2v) is 7.58. The number of H-pyrrole nitrogens is 1. The number of piperidine rings is 1. The lowest BCUT2D eigenvalue weighted by Gasteiger charge is -2.32.